The van der Waals surface area contributed by atoms with E-state index in [0.29, 0.717) is 13.0 Å². The van der Waals surface area contributed by atoms with Gasteiger partial charge >= 0.3 is 0 Å². The van der Waals surface area contributed by atoms with Crippen LogP contribution >= 0.6 is 0 Å². The van der Waals surface area contributed by atoms with Crippen molar-refractivity contribution < 1.29 is 4.79 Å². The fourth-order valence-corrected chi connectivity index (χ4v) is 2.12. The van der Waals surface area contributed by atoms with Crippen LogP contribution in [-0.2, 0) is 4.79 Å². The number of nitrogens with two attached hydrogens (primary N) is 1. The molecule has 0 unspecified atom stereocenters. The molecule has 108 valence electrons. The fraction of sp³-hybridized carbons (Fsp3) is 0.933. The second kappa shape index (κ2) is 10.4. The topological polar surface area (TPSA) is 55.1 Å². The highest BCUT2D eigenvalue weighted by atomic mass is 16.1. The van der Waals surface area contributed by atoms with Gasteiger partial charge in [-0.25, -0.2) is 0 Å². The molecule has 0 heterocycles. The molecule has 0 aromatic heterocycles. The van der Waals surface area contributed by atoms with Crippen LogP contribution in [0, 0.1) is 5.41 Å². The van der Waals surface area contributed by atoms with E-state index < -0.39 is 0 Å². The molecule has 3 N–H and O–H groups in total. The van der Waals surface area contributed by atoms with Gasteiger partial charge in [0.2, 0.25) is 5.91 Å². The molecule has 3 heteroatoms. The van der Waals surface area contributed by atoms with Crippen LogP contribution in [0.25, 0.3) is 0 Å². The van der Waals surface area contributed by atoms with Gasteiger partial charge in [-0.3, -0.25) is 4.79 Å². The Bertz CT molecular complexity index is 204. The highest BCUT2D eigenvalue weighted by Crippen LogP contribution is 2.23. The van der Waals surface area contributed by atoms with Gasteiger partial charge in [0.1, 0.15) is 0 Å². The molecule has 0 aromatic rings. The van der Waals surface area contributed by atoms with Crippen LogP contribution in [0.5, 0.6) is 0 Å². The number of hydrogen-bond acceptors (Lipinski definition) is 2. The second-order valence-electron chi connectivity index (χ2n) is 5.35. The van der Waals surface area contributed by atoms with Crippen LogP contribution in [0.3, 0.4) is 0 Å². The van der Waals surface area contributed by atoms with Crippen molar-refractivity contribution >= 4 is 5.91 Å². The van der Waals surface area contributed by atoms with E-state index in [9.17, 15) is 4.79 Å². The molecule has 0 spiro atoms. The molecular formula is C15H32N2O. The molecule has 0 aliphatic carbocycles. The van der Waals surface area contributed by atoms with E-state index in [-0.39, 0.29) is 11.3 Å². The van der Waals surface area contributed by atoms with Crippen LogP contribution in [0.15, 0.2) is 0 Å². The summed E-state index contributed by atoms with van der Waals surface area (Å²) in [7, 11) is 0. The molecule has 0 bridgehead atoms. The van der Waals surface area contributed by atoms with Gasteiger partial charge in [0.05, 0.1) is 0 Å². The lowest BCUT2D eigenvalue weighted by Crippen LogP contribution is -2.41. The average Bonchev–Trinajstić information content (AvgIpc) is 2.41. The van der Waals surface area contributed by atoms with E-state index in [1.54, 1.807) is 0 Å². The number of rotatable bonds is 11. The van der Waals surface area contributed by atoms with Crippen molar-refractivity contribution in [2.24, 2.45) is 11.1 Å². The Labute approximate surface area is 113 Å². The summed E-state index contributed by atoms with van der Waals surface area (Å²) >= 11 is 0. The molecule has 0 atom stereocenters. The van der Waals surface area contributed by atoms with Crippen molar-refractivity contribution in [3.8, 4) is 0 Å². The normalized spacial score (nSPS) is 11.6. The van der Waals surface area contributed by atoms with E-state index in [0.717, 1.165) is 25.8 Å². The smallest absolute Gasteiger partial charge is 0.220 e. The third-order valence-electron chi connectivity index (χ3n) is 4.10. The summed E-state index contributed by atoms with van der Waals surface area (Å²) in [5.41, 5.74) is 5.91. The predicted molar refractivity (Wildman–Crippen MR) is 78.5 cm³/mol. The van der Waals surface area contributed by atoms with Crippen molar-refractivity contribution in [1.29, 1.82) is 0 Å². The number of nitrogens with one attached hydrogen (secondary N) is 1. The number of amides is 1. The summed E-state index contributed by atoms with van der Waals surface area (Å²) in [6.07, 6.45) is 8.68. The maximum absolute atomic E-state index is 11.7. The summed E-state index contributed by atoms with van der Waals surface area (Å²) in [4.78, 5) is 11.7. The molecule has 0 aliphatic heterocycles. The first-order chi connectivity index (χ1) is 8.64. The van der Waals surface area contributed by atoms with E-state index in [1.165, 1.54) is 25.7 Å². The van der Waals surface area contributed by atoms with Gasteiger partial charge in [-0.15, -0.1) is 0 Å². The first-order valence-electron chi connectivity index (χ1n) is 7.61. The van der Waals surface area contributed by atoms with Crippen molar-refractivity contribution in [2.45, 2.75) is 72.1 Å². The molecule has 0 radical (unpaired) electrons. The van der Waals surface area contributed by atoms with Crippen LogP contribution in [0.4, 0.5) is 0 Å². The Morgan fingerprint density at radius 1 is 1.06 bits per heavy atom. The zero-order chi connectivity index (χ0) is 13.9. The Morgan fingerprint density at radius 2 is 1.67 bits per heavy atom. The largest absolute Gasteiger partial charge is 0.355 e. The van der Waals surface area contributed by atoms with Crippen LogP contribution in [0.1, 0.15) is 72.1 Å². The molecule has 0 aromatic carbocycles. The summed E-state index contributed by atoms with van der Waals surface area (Å²) < 4.78 is 0. The molecule has 3 nitrogen and oxygen atoms in total. The van der Waals surface area contributed by atoms with Crippen molar-refractivity contribution in [3.05, 3.63) is 0 Å². The van der Waals surface area contributed by atoms with Gasteiger partial charge in [0, 0.05) is 13.0 Å². The highest BCUT2D eigenvalue weighted by Gasteiger charge is 2.24. The third-order valence-corrected chi connectivity index (χ3v) is 4.10. The van der Waals surface area contributed by atoms with Gasteiger partial charge in [0.25, 0.3) is 0 Å². The first kappa shape index (κ1) is 17.4. The lowest BCUT2D eigenvalue weighted by atomic mass is 9.82. The standard InChI is InChI=1S/C15H32N2O/c1-4-7-8-9-10-11-14(18)17-13-15(5-2,6-3)12-16/h4-13,16H2,1-3H3,(H,17,18). The molecule has 0 rings (SSSR count). The zero-order valence-electron chi connectivity index (χ0n) is 12.6. The lowest BCUT2D eigenvalue weighted by molar-refractivity contribution is -0.121. The van der Waals surface area contributed by atoms with E-state index in [4.69, 9.17) is 5.73 Å². The molecule has 0 saturated carbocycles. The first-order valence-corrected chi connectivity index (χ1v) is 7.61. The summed E-state index contributed by atoms with van der Waals surface area (Å²) in [5.74, 6) is 0.186. The number of carbonyl (C=O) groups excluding carboxylic acids is 1. The Kier molecular flexibility index (Phi) is 10.0. The van der Waals surface area contributed by atoms with E-state index >= 15 is 0 Å². The van der Waals surface area contributed by atoms with Crippen molar-refractivity contribution in [2.75, 3.05) is 13.1 Å². The summed E-state index contributed by atoms with van der Waals surface area (Å²) in [6, 6.07) is 0. The average molecular weight is 256 g/mol. The van der Waals surface area contributed by atoms with Gasteiger partial charge in [0.15, 0.2) is 0 Å². The van der Waals surface area contributed by atoms with Crippen LogP contribution in [0.2, 0.25) is 0 Å². The second-order valence-corrected chi connectivity index (χ2v) is 5.35. The van der Waals surface area contributed by atoms with Gasteiger partial charge in [-0.05, 0) is 31.2 Å². The van der Waals surface area contributed by atoms with Crippen LogP contribution in [-0.4, -0.2) is 19.0 Å². The number of hydrogen-bond donors (Lipinski definition) is 2. The van der Waals surface area contributed by atoms with E-state index in [1.807, 2.05) is 0 Å². The predicted octanol–water partition coefficient (Wildman–Crippen LogP) is 3.23. The minimum Gasteiger partial charge on any atom is -0.355 e. The molecular weight excluding hydrogens is 224 g/mol. The minimum absolute atomic E-state index is 0.0951. The molecule has 0 saturated heterocycles. The Morgan fingerprint density at radius 3 is 2.17 bits per heavy atom. The fourth-order valence-electron chi connectivity index (χ4n) is 2.12. The zero-order valence-corrected chi connectivity index (χ0v) is 12.6. The SMILES string of the molecule is CCCCCCCC(=O)NCC(CC)(CC)CN. The summed E-state index contributed by atoms with van der Waals surface area (Å²) in [6.45, 7) is 7.87. The Hall–Kier alpha value is -0.570. The van der Waals surface area contributed by atoms with Crippen molar-refractivity contribution in [3.63, 3.8) is 0 Å². The maximum atomic E-state index is 11.7. The molecule has 1 amide bonds. The Balaban J connectivity index is 3.74. The number of carbonyl (C=O) groups is 1. The lowest BCUT2D eigenvalue weighted by Gasteiger charge is -2.30. The van der Waals surface area contributed by atoms with Gasteiger partial charge in [-0.2, -0.15) is 0 Å². The van der Waals surface area contributed by atoms with Gasteiger partial charge < -0.3 is 11.1 Å². The quantitative estimate of drug-likeness (QED) is 0.558. The highest BCUT2D eigenvalue weighted by molar-refractivity contribution is 5.75. The molecule has 18 heavy (non-hydrogen) atoms. The third kappa shape index (κ3) is 7.00. The molecule has 0 aliphatic rings. The van der Waals surface area contributed by atoms with E-state index in [2.05, 4.69) is 26.1 Å². The van der Waals surface area contributed by atoms with Crippen molar-refractivity contribution in [1.82, 2.24) is 5.32 Å². The maximum Gasteiger partial charge on any atom is 0.220 e. The number of unbranched alkanes of at least 4 members (excludes halogenated alkanes) is 4. The van der Waals surface area contributed by atoms with Crippen LogP contribution < -0.4 is 11.1 Å². The summed E-state index contributed by atoms with van der Waals surface area (Å²) in [5, 5.41) is 3.05. The minimum atomic E-state index is 0.0951. The monoisotopic (exact) mass is 256 g/mol. The van der Waals surface area contributed by atoms with Gasteiger partial charge in [-0.1, -0.05) is 46.5 Å². The molecule has 0 fully saturated rings.